The predicted octanol–water partition coefficient (Wildman–Crippen LogP) is 4.94. The Morgan fingerprint density at radius 2 is 1.85 bits per heavy atom. The van der Waals surface area contributed by atoms with Crippen molar-refractivity contribution >= 4 is 34.7 Å². The molecule has 0 amide bonds. The van der Waals surface area contributed by atoms with E-state index in [0.717, 1.165) is 34.0 Å². The first kappa shape index (κ1) is 17.8. The van der Waals surface area contributed by atoms with Crippen LogP contribution in [0.3, 0.4) is 0 Å². The summed E-state index contributed by atoms with van der Waals surface area (Å²) in [6.45, 7) is 2.58. The van der Waals surface area contributed by atoms with Crippen molar-refractivity contribution in [3.05, 3.63) is 87.4 Å². The second kappa shape index (κ2) is 7.55. The fraction of sp³-hybridized carbons (Fsp3) is 0.150. The molecule has 0 aliphatic carbocycles. The van der Waals surface area contributed by atoms with Crippen LogP contribution in [-0.4, -0.2) is 19.6 Å². The Morgan fingerprint density at radius 1 is 1.04 bits per heavy atom. The van der Waals surface area contributed by atoms with Crippen molar-refractivity contribution in [1.82, 2.24) is 19.6 Å². The third-order valence-electron chi connectivity index (χ3n) is 4.30. The zero-order valence-electron chi connectivity index (χ0n) is 14.7. The van der Waals surface area contributed by atoms with Gasteiger partial charge in [-0.1, -0.05) is 35.3 Å². The molecule has 0 unspecified atom stereocenters. The van der Waals surface area contributed by atoms with E-state index in [1.165, 1.54) is 0 Å². The van der Waals surface area contributed by atoms with Crippen LogP contribution in [0.2, 0.25) is 10.0 Å². The summed E-state index contributed by atoms with van der Waals surface area (Å²) in [4.78, 5) is 9.11. The molecular formula is C20H17Cl2N5. The molecule has 7 heteroatoms. The molecule has 27 heavy (non-hydrogen) atoms. The topological polar surface area (TPSA) is 55.1 Å². The first-order valence-corrected chi connectivity index (χ1v) is 9.28. The lowest BCUT2D eigenvalue weighted by molar-refractivity contribution is 0.901. The molecule has 0 bridgehead atoms. The van der Waals surface area contributed by atoms with Gasteiger partial charge in [0, 0.05) is 34.3 Å². The fourth-order valence-corrected chi connectivity index (χ4v) is 3.44. The minimum absolute atomic E-state index is 0.540. The third kappa shape index (κ3) is 3.75. The maximum absolute atomic E-state index is 6.34. The molecule has 4 rings (SSSR count). The van der Waals surface area contributed by atoms with E-state index in [1.54, 1.807) is 16.9 Å². The Kier molecular flexibility index (Phi) is 4.97. The Bertz CT molecular complexity index is 1070. The maximum atomic E-state index is 6.34. The van der Waals surface area contributed by atoms with Crippen molar-refractivity contribution in [1.29, 1.82) is 0 Å². The number of rotatable bonds is 5. The van der Waals surface area contributed by atoms with Crippen LogP contribution in [0.4, 0.5) is 5.82 Å². The van der Waals surface area contributed by atoms with Gasteiger partial charge in [0.25, 0.3) is 0 Å². The third-order valence-corrected chi connectivity index (χ3v) is 5.01. The highest BCUT2D eigenvalue weighted by molar-refractivity contribution is 6.36. The smallest absolute Gasteiger partial charge is 0.160 e. The summed E-state index contributed by atoms with van der Waals surface area (Å²) in [5, 5.41) is 9.11. The van der Waals surface area contributed by atoms with Crippen LogP contribution in [0.25, 0.3) is 5.65 Å². The van der Waals surface area contributed by atoms with E-state index < -0.39 is 0 Å². The Labute approximate surface area is 167 Å². The molecule has 0 radical (unpaired) electrons. The number of hydrogen-bond donors (Lipinski definition) is 1. The highest BCUT2D eigenvalue weighted by Gasteiger charge is 2.13. The minimum Gasteiger partial charge on any atom is -0.364 e. The van der Waals surface area contributed by atoms with Gasteiger partial charge in [0.05, 0.1) is 24.1 Å². The van der Waals surface area contributed by atoms with Gasteiger partial charge in [-0.05, 0) is 36.8 Å². The molecule has 0 saturated heterocycles. The Morgan fingerprint density at radius 3 is 2.59 bits per heavy atom. The summed E-state index contributed by atoms with van der Waals surface area (Å²) in [7, 11) is 0. The summed E-state index contributed by atoms with van der Waals surface area (Å²) < 4.78 is 1.80. The fourth-order valence-electron chi connectivity index (χ4n) is 2.91. The Hall–Kier alpha value is -2.63. The molecule has 3 heterocycles. The molecule has 0 aliphatic heterocycles. The standard InChI is InChI=1S/C20H17Cl2N5/c1-13-11-25-27-19(24-12-14-5-2-3-8-23-14)10-15(26-20(13)27)9-16-17(21)6-4-7-18(16)22/h2-8,10-11,24H,9,12H2,1H3. The molecular weight excluding hydrogens is 381 g/mol. The van der Waals surface area contributed by atoms with E-state index in [4.69, 9.17) is 28.2 Å². The van der Waals surface area contributed by atoms with Crippen molar-refractivity contribution < 1.29 is 0 Å². The maximum Gasteiger partial charge on any atom is 0.160 e. The quantitative estimate of drug-likeness (QED) is 0.517. The molecule has 1 N–H and O–H groups in total. The highest BCUT2D eigenvalue weighted by atomic mass is 35.5. The van der Waals surface area contributed by atoms with Gasteiger partial charge in [0.15, 0.2) is 5.65 Å². The van der Waals surface area contributed by atoms with Crippen LogP contribution in [0.1, 0.15) is 22.5 Å². The van der Waals surface area contributed by atoms with E-state index in [0.29, 0.717) is 23.0 Å². The molecule has 3 aromatic heterocycles. The van der Waals surface area contributed by atoms with E-state index in [9.17, 15) is 0 Å². The van der Waals surface area contributed by atoms with Crippen LogP contribution in [0, 0.1) is 6.92 Å². The monoisotopic (exact) mass is 397 g/mol. The molecule has 0 saturated carbocycles. The number of nitrogens with one attached hydrogen (secondary N) is 1. The normalized spacial score (nSPS) is 11.1. The van der Waals surface area contributed by atoms with Gasteiger partial charge in [-0.3, -0.25) is 4.98 Å². The van der Waals surface area contributed by atoms with Gasteiger partial charge in [-0.2, -0.15) is 9.61 Å². The van der Waals surface area contributed by atoms with Gasteiger partial charge in [-0.25, -0.2) is 4.98 Å². The lowest BCUT2D eigenvalue weighted by atomic mass is 10.1. The van der Waals surface area contributed by atoms with Crippen LogP contribution in [0.5, 0.6) is 0 Å². The summed E-state index contributed by atoms with van der Waals surface area (Å²) in [6.07, 6.45) is 4.13. The average Bonchev–Trinajstić information content (AvgIpc) is 3.05. The minimum atomic E-state index is 0.540. The number of halogens is 2. The lowest BCUT2D eigenvalue weighted by Crippen LogP contribution is -2.09. The van der Waals surface area contributed by atoms with Crippen molar-refractivity contribution in [3.8, 4) is 0 Å². The molecule has 0 aliphatic rings. The number of aryl methyl sites for hydroxylation is 1. The van der Waals surface area contributed by atoms with Gasteiger partial charge in [0.2, 0.25) is 0 Å². The van der Waals surface area contributed by atoms with Crippen molar-refractivity contribution in [2.75, 3.05) is 5.32 Å². The number of pyridine rings is 1. The molecule has 1 aromatic carbocycles. The first-order valence-electron chi connectivity index (χ1n) is 8.53. The van der Waals surface area contributed by atoms with Crippen LogP contribution < -0.4 is 5.32 Å². The van der Waals surface area contributed by atoms with Crippen LogP contribution >= 0.6 is 23.2 Å². The summed E-state index contributed by atoms with van der Waals surface area (Å²) in [5.41, 5.74) is 4.49. The van der Waals surface area contributed by atoms with Crippen molar-refractivity contribution in [2.24, 2.45) is 0 Å². The SMILES string of the molecule is Cc1cnn2c(NCc3ccccn3)cc(Cc3c(Cl)cccc3Cl)nc12. The number of aromatic nitrogens is 4. The van der Waals surface area contributed by atoms with Gasteiger partial charge in [0.1, 0.15) is 5.82 Å². The second-order valence-corrected chi connectivity index (χ2v) is 7.06. The summed E-state index contributed by atoms with van der Waals surface area (Å²) >= 11 is 12.7. The van der Waals surface area contributed by atoms with Crippen LogP contribution in [0.15, 0.2) is 54.9 Å². The number of benzene rings is 1. The average molecular weight is 398 g/mol. The molecule has 136 valence electrons. The molecule has 0 fully saturated rings. The molecule has 0 spiro atoms. The van der Waals surface area contributed by atoms with Crippen molar-refractivity contribution in [2.45, 2.75) is 19.9 Å². The summed E-state index contributed by atoms with van der Waals surface area (Å²) in [6, 6.07) is 13.3. The van der Waals surface area contributed by atoms with E-state index in [2.05, 4.69) is 15.4 Å². The number of hydrogen-bond acceptors (Lipinski definition) is 4. The zero-order valence-corrected chi connectivity index (χ0v) is 16.2. The first-order chi connectivity index (χ1) is 13.1. The summed E-state index contributed by atoms with van der Waals surface area (Å²) in [5.74, 6) is 0.844. The molecule has 0 atom stereocenters. The zero-order chi connectivity index (χ0) is 18.8. The van der Waals surface area contributed by atoms with E-state index in [1.807, 2.05) is 49.4 Å². The van der Waals surface area contributed by atoms with Gasteiger partial charge < -0.3 is 5.32 Å². The Balaban J connectivity index is 1.70. The molecule has 5 nitrogen and oxygen atoms in total. The second-order valence-electron chi connectivity index (χ2n) is 6.25. The number of anilines is 1. The van der Waals surface area contributed by atoms with Crippen LogP contribution in [-0.2, 0) is 13.0 Å². The predicted molar refractivity (Wildman–Crippen MR) is 109 cm³/mol. The number of nitrogens with zero attached hydrogens (tertiary/aromatic N) is 4. The number of fused-ring (bicyclic) bond motifs is 1. The lowest BCUT2D eigenvalue weighted by Gasteiger charge is -2.12. The highest BCUT2D eigenvalue weighted by Crippen LogP contribution is 2.27. The molecule has 4 aromatic rings. The van der Waals surface area contributed by atoms with Gasteiger partial charge >= 0.3 is 0 Å². The van der Waals surface area contributed by atoms with Crippen molar-refractivity contribution in [3.63, 3.8) is 0 Å². The van der Waals surface area contributed by atoms with Gasteiger partial charge in [-0.15, -0.1) is 0 Å². The van der Waals surface area contributed by atoms with E-state index >= 15 is 0 Å². The largest absolute Gasteiger partial charge is 0.364 e. The van der Waals surface area contributed by atoms with E-state index in [-0.39, 0.29) is 0 Å².